The van der Waals surface area contributed by atoms with Gasteiger partial charge in [0.25, 0.3) is 11.7 Å². The van der Waals surface area contributed by atoms with E-state index < -0.39 is 11.7 Å². The number of nitrogens with one attached hydrogen (secondary N) is 1. The molecule has 4 bridgehead atoms. The quantitative estimate of drug-likeness (QED) is 0.578. The van der Waals surface area contributed by atoms with Crippen LogP contribution in [0.5, 0.6) is 0 Å². The van der Waals surface area contributed by atoms with Crippen molar-refractivity contribution < 1.29 is 23.1 Å². The number of carbonyl (C=O) groups is 2. The molecule has 27 heavy (non-hydrogen) atoms. The number of amides is 1. The lowest BCUT2D eigenvalue weighted by Gasteiger charge is -2.56. The molecule has 0 atom stereocenters. The summed E-state index contributed by atoms with van der Waals surface area (Å²) in [6.45, 7) is -0.381. The molecule has 0 heterocycles. The first-order chi connectivity index (χ1) is 12.9. The van der Waals surface area contributed by atoms with Gasteiger partial charge in [-0.3, -0.25) is 4.79 Å². The van der Waals surface area contributed by atoms with Crippen molar-refractivity contribution in [2.24, 2.45) is 17.8 Å². The number of hydrogen-bond acceptors (Lipinski definition) is 4. The van der Waals surface area contributed by atoms with Crippen molar-refractivity contribution in [3.63, 3.8) is 0 Å². The average Bonchev–Trinajstić information content (AvgIpc) is 2.58. The van der Waals surface area contributed by atoms with E-state index in [1.807, 2.05) is 0 Å². The molecule has 4 aliphatic rings. The lowest BCUT2D eigenvalue weighted by Crippen LogP contribution is -2.60. The smallest absolute Gasteiger partial charge is 0.339 e. The second-order valence-electron chi connectivity index (χ2n) is 8.20. The van der Waals surface area contributed by atoms with Crippen molar-refractivity contribution >= 4 is 23.6 Å². The number of hydrogen-bond donors (Lipinski definition) is 1. The highest BCUT2D eigenvalue weighted by Crippen LogP contribution is 2.55. The van der Waals surface area contributed by atoms with Gasteiger partial charge in [0, 0.05) is 10.4 Å². The lowest BCUT2D eigenvalue weighted by atomic mass is 9.53. The van der Waals surface area contributed by atoms with Gasteiger partial charge in [0.1, 0.15) is 0 Å². The van der Waals surface area contributed by atoms with E-state index >= 15 is 0 Å². The minimum absolute atomic E-state index is 0.0606. The molecule has 0 spiro atoms. The number of ether oxygens (including phenoxy) is 1. The summed E-state index contributed by atoms with van der Waals surface area (Å²) in [5, 5.41) is 3.14. The normalized spacial score (nSPS) is 31.1. The monoisotopic (exact) mass is 395 g/mol. The van der Waals surface area contributed by atoms with Gasteiger partial charge in [0.05, 0.1) is 5.56 Å². The Morgan fingerprint density at radius 2 is 1.70 bits per heavy atom. The van der Waals surface area contributed by atoms with E-state index in [0.717, 1.165) is 19.3 Å². The van der Waals surface area contributed by atoms with Gasteiger partial charge in [0.15, 0.2) is 6.61 Å². The van der Waals surface area contributed by atoms with Crippen LogP contribution in [0.3, 0.4) is 0 Å². The molecule has 4 nitrogen and oxygen atoms in total. The maximum absolute atomic E-state index is 12.6. The molecule has 0 aromatic heterocycles. The molecule has 1 amide bonds. The summed E-state index contributed by atoms with van der Waals surface area (Å²) < 4.78 is 30.4. The van der Waals surface area contributed by atoms with E-state index in [0.29, 0.717) is 29.5 Å². The summed E-state index contributed by atoms with van der Waals surface area (Å²) in [6, 6.07) is 6.05. The van der Waals surface area contributed by atoms with Gasteiger partial charge >= 0.3 is 5.97 Å². The van der Waals surface area contributed by atoms with Crippen molar-refractivity contribution in [2.45, 2.75) is 54.7 Å². The molecule has 1 N–H and O–H groups in total. The molecule has 1 aromatic carbocycles. The third-order valence-electron chi connectivity index (χ3n) is 6.10. The Hall–Kier alpha value is -1.63. The first-order valence-corrected chi connectivity index (χ1v) is 10.3. The van der Waals surface area contributed by atoms with Crippen LogP contribution in [0, 0.1) is 17.8 Å². The number of benzene rings is 1. The van der Waals surface area contributed by atoms with E-state index in [1.54, 1.807) is 12.1 Å². The molecular weight excluding hydrogens is 372 g/mol. The maximum Gasteiger partial charge on any atom is 0.339 e. The lowest BCUT2D eigenvalue weighted by molar-refractivity contribution is -0.130. The average molecular weight is 395 g/mol. The molecule has 1 aromatic rings. The van der Waals surface area contributed by atoms with Crippen molar-refractivity contribution in [2.75, 3.05) is 6.61 Å². The molecule has 0 saturated heterocycles. The zero-order chi connectivity index (χ0) is 19.0. The zero-order valence-corrected chi connectivity index (χ0v) is 15.8. The molecular formula is C20H23F2NO3S. The van der Waals surface area contributed by atoms with Crippen molar-refractivity contribution in [1.82, 2.24) is 5.32 Å². The fourth-order valence-corrected chi connectivity index (χ4v) is 6.27. The van der Waals surface area contributed by atoms with Gasteiger partial charge in [-0.15, -0.1) is 0 Å². The van der Waals surface area contributed by atoms with Gasteiger partial charge in [0.2, 0.25) is 0 Å². The molecule has 146 valence electrons. The zero-order valence-electron chi connectivity index (χ0n) is 15.0. The number of alkyl halides is 2. The number of halogens is 2. The highest BCUT2D eigenvalue weighted by molar-refractivity contribution is 7.99. The third-order valence-corrected chi connectivity index (χ3v) is 6.89. The van der Waals surface area contributed by atoms with Crippen molar-refractivity contribution in [1.29, 1.82) is 0 Å². The van der Waals surface area contributed by atoms with Crippen LogP contribution >= 0.6 is 11.8 Å². The van der Waals surface area contributed by atoms with Gasteiger partial charge in [-0.25, -0.2) is 4.79 Å². The summed E-state index contributed by atoms with van der Waals surface area (Å²) in [6.07, 6.45) is 6.90. The molecule has 4 aliphatic carbocycles. The largest absolute Gasteiger partial charge is 0.452 e. The summed E-state index contributed by atoms with van der Waals surface area (Å²) in [5.41, 5.74) is -0.0767. The fraction of sp³-hybridized carbons (Fsp3) is 0.600. The van der Waals surface area contributed by atoms with Crippen LogP contribution in [-0.4, -0.2) is 29.8 Å². The third kappa shape index (κ3) is 4.13. The summed E-state index contributed by atoms with van der Waals surface area (Å²) in [7, 11) is 0. The van der Waals surface area contributed by atoms with Crippen LogP contribution in [0.1, 0.15) is 48.9 Å². The minimum atomic E-state index is -2.63. The Bertz CT molecular complexity index is 704. The Balaban J connectivity index is 1.34. The molecule has 4 saturated carbocycles. The minimum Gasteiger partial charge on any atom is -0.452 e. The number of esters is 1. The van der Waals surface area contributed by atoms with Gasteiger partial charge in [-0.05, 0) is 68.4 Å². The van der Waals surface area contributed by atoms with Crippen LogP contribution in [-0.2, 0) is 9.53 Å². The molecule has 0 aliphatic heterocycles. The second kappa shape index (κ2) is 7.41. The molecule has 0 unspecified atom stereocenters. The summed E-state index contributed by atoms with van der Waals surface area (Å²) >= 11 is 0.297. The van der Waals surface area contributed by atoms with Crippen LogP contribution in [0.4, 0.5) is 8.78 Å². The highest BCUT2D eigenvalue weighted by atomic mass is 32.2. The Labute approximate surface area is 161 Å². The van der Waals surface area contributed by atoms with Crippen LogP contribution in [0.25, 0.3) is 0 Å². The number of thioether (sulfide) groups is 1. The maximum atomic E-state index is 12.6. The van der Waals surface area contributed by atoms with Gasteiger partial charge in [-0.2, -0.15) is 8.78 Å². The Morgan fingerprint density at radius 3 is 2.30 bits per heavy atom. The van der Waals surface area contributed by atoms with Crippen molar-refractivity contribution in [3.8, 4) is 0 Å². The fourth-order valence-electron chi connectivity index (χ4n) is 5.64. The van der Waals surface area contributed by atoms with Crippen LogP contribution in [0.2, 0.25) is 0 Å². The van der Waals surface area contributed by atoms with E-state index in [9.17, 15) is 18.4 Å². The van der Waals surface area contributed by atoms with Gasteiger partial charge < -0.3 is 10.1 Å². The first kappa shape index (κ1) is 18.7. The number of carbonyl (C=O) groups excluding carboxylic acids is 2. The predicted molar refractivity (Wildman–Crippen MR) is 97.6 cm³/mol. The Kier molecular flexibility index (Phi) is 5.14. The van der Waals surface area contributed by atoms with E-state index in [2.05, 4.69) is 5.32 Å². The van der Waals surface area contributed by atoms with Crippen molar-refractivity contribution in [3.05, 3.63) is 29.8 Å². The summed E-state index contributed by atoms with van der Waals surface area (Å²) in [4.78, 5) is 24.8. The van der Waals surface area contributed by atoms with E-state index in [4.69, 9.17) is 4.74 Å². The Morgan fingerprint density at radius 1 is 1.11 bits per heavy atom. The topological polar surface area (TPSA) is 55.4 Å². The van der Waals surface area contributed by atoms with Crippen LogP contribution in [0.15, 0.2) is 29.2 Å². The predicted octanol–water partition coefficient (Wildman–Crippen LogP) is 4.24. The highest BCUT2D eigenvalue weighted by Gasteiger charge is 2.51. The van der Waals surface area contributed by atoms with Crippen LogP contribution < -0.4 is 5.32 Å². The SMILES string of the molecule is O=C(COC(=O)c1ccccc1SC(F)F)NC12CC3CC(CC(C3)C1)C2. The molecule has 0 radical (unpaired) electrons. The molecule has 4 fully saturated rings. The second-order valence-corrected chi connectivity index (χ2v) is 9.23. The summed E-state index contributed by atoms with van der Waals surface area (Å²) in [5.74, 6) is -1.56. The first-order valence-electron chi connectivity index (χ1n) is 9.44. The van der Waals surface area contributed by atoms with Gasteiger partial charge in [-0.1, -0.05) is 23.9 Å². The standard InChI is InChI=1S/C20H23F2NO3S/c21-19(22)27-16-4-2-1-3-15(16)18(25)26-11-17(24)23-20-8-12-5-13(9-20)7-14(6-12)10-20/h1-4,12-14,19H,5-11H2,(H,23,24). The molecule has 7 heteroatoms. The molecule has 5 rings (SSSR count). The van der Waals surface area contributed by atoms with E-state index in [-0.39, 0.29) is 28.5 Å². The number of rotatable bonds is 6. The van der Waals surface area contributed by atoms with E-state index in [1.165, 1.54) is 31.4 Å².